The zero-order valence-electron chi connectivity index (χ0n) is 11.5. The van der Waals surface area contributed by atoms with Crippen molar-refractivity contribution >= 4 is 22.8 Å². The summed E-state index contributed by atoms with van der Waals surface area (Å²) in [5.41, 5.74) is 2.05. The third-order valence-electron chi connectivity index (χ3n) is 4.70. The average molecular weight is 293 g/mol. The van der Waals surface area contributed by atoms with Gasteiger partial charge in [-0.1, -0.05) is 0 Å². The highest BCUT2D eigenvalue weighted by Crippen LogP contribution is 2.62. The molecule has 106 valence electrons. The summed E-state index contributed by atoms with van der Waals surface area (Å²) in [7, 11) is 1.60. The van der Waals surface area contributed by atoms with Crippen LogP contribution in [-0.4, -0.2) is 26.6 Å². The van der Waals surface area contributed by atoms with Crippen molar-refractivity contribution in [2.45, 2.75) is 38.1 Å². The van der Waals surface area contributed by atoms with Gasteiger partial charge in [-0.15, -0.1) is 11.6 Å². The van der Waals surface area contributed by atoms with E-state index in [-0.39, 0.29) is 0 Å². The third kappa shape index (κ3) is 1.79. The minimum Gasteiger partial charge on any atom is -0.479 e. The minimum atomic E-state index is 0.389. The lowest BCUT2D eigenvalue weighted by Gasteiger charge is -2.16. The van der Waals surface area contributed by atoms with Gasteiger partial charge in [0, 0.05) is 6.54 Å². The molecule has 0 aromatic carbocycles. The van der Waals surface area contributed by atoms with Crippen LogP contribution in [0.2, 0.25) is 0 Å². The molecule has 5 nitrogen and oxygen atoms in total. The highest BCUT2D eigenvalue weighted by atomic mass is 35.5. The number of imidazole rings is 1. The molecule has 0 atom stereocenters. The number of ether oxygens (including phenoxy) is 1. The molecule has 0 spiro atoms. The van der Waals surface area contributed by atoms with Crippen molar-refractivity contribution in [1.29, 1.82) is 0 Å². The molecule has 2 aromatic heterocycles. The van der Waals surface area contributed by atoms with E-state index in [1.54, 1.807) is 7.11 Å². The van der Waals surface area contributed by atoms with E-state index in [0.29, 0.717) is 17.2 Å². The summed E-state index contributed by atoms with van der Waals surface area (Å²) in [5.74, 6) is 2.68. The number of halogens is 1. The monoisotopic (exact) mass is 292 g/mol. The molecule has 0 N–H and O–H groups in total. The van der Waals surface area contributed by atoms with Gasteiger partial charge in [0.2, 0.25) is 5.88 Å². The van der Waals surface area contributed by atoms with Crippen molar-refractivity contribution < 1.29 is 4.74 Å². The van der Waals surface area contributed by atoms with Crippen LogP contribution in [0, 0.1) is 11.3 Å². The molecule has 0 amide bonds. The Balaban J connectivity index is 1.80. The molecule has 2 saturated carbocycles. The van der Waals surface area contributed by atoms with Crippen molar-refractivity contribution in [3.05, 3.63) is 12.2 Å². The van der Waals surface area contributed by atoms with Crippen LogP contribution in [0.15, 0.2) is 6.33 Å². The van der Waals surface area contributed by atoms with Gasteiger partial charge in [-0.25, -0.2) is 9.97 Å². The Hall–Kier alpha value is -1.36. The maximum absolute atomic E-state index is 6.07. The lowest BCUT2D eigenvalue weighted by atomic mass is 10.0. The van der Waals surface area contributed by atoms with E-state index in [1.165, 1.54) is 32.0 Å². The van der Waals surface area contributed by atoms with E-state index < -0.39 is 0 Å². The molecule has 2 aliphatic rings. The summed E-state index contributed by atoms with van der Waals surface area (Å²) in [6.07, 6.45) is 6.93. The van der Waals surface area contributed by atoms with E-state index in [0.717, 1.165) is 29.5 Å². The summed E-state index contributed by atoms with van der Waals surface area (Å²) < 4.78 is 7.45. The first-order valence-corrected chi connectivity index (χ1v) is 7.61. The lowest BCUT2D eigenvalue weighted by Crippen LogP contribution is -2.16. The molecule has 0 aliphatic heterocycles. The van der Waals surface area contributed by atoms with Gasteiger partial charge in [0.1, 0.15) is 12.2 Å². The van der Waals surface area contributed by atoms with Gasteiger partial charge in [0.05, 0.1) is 13.0 Å². The zero-order valence-corrected chi connectivity index (χ0v) is 12.2. The molecule has 20 heavy (non-hydrogen) atoms. The number of fused-ring (bicyclic) bond motifs is 1. The van der Waals surface area contributed by atoms with Crippen molar-refractivity contribution in [2.24, 2.45) is 11.3 Å². The molecule has 2 fully saturated rings. The maximum Gasteiger partial charge on any atom is 0.245 e. The molecule has 6 heteroatoms. The molecular weight excluding hydrogens is 276 g/mol. The van der Waals surface area contributed by atoms with Crippen LogP contribution in [0.25, 0.3) is 11.2 Å². The normalized spacial score (nSPS) is 20.3. The summed E-state index contributed by atoms with van der Waals surface area (Å²) in [6, 6.07) is 0. The first-order chi connectivity index (χ1) is 9.77. The number of alkyl halides is 1. The van der Waals surface area contributed by atoms with Crippen LogP contribution in [0.5, 0.6) is 5.88 Å². The van der Waals surface area contributed by atoms with Gasteiger partial charge in [-0.2, -0.15) is 4.98 Å². The van der Waals surface area contributed by atoms with E-state index in [4.69, 9.17) is 16.3 Å². The Morgan fingerprint density at radius 2 is 2.20 bits per heavy atom. The summed E-state index contributed by atoms with van der Waals surface area (Å²) in [5, 5.41) is 0. The van der Waals surface area contributed by atoms with E-state index in [9.17, 15) is 0 Å². The second kappa shape index (κ2) is 4.32. The van der Waals surface area contributed by atoms with Crippen molar-refractivity contribution in [3.63, 3.8) is 0 Å². The van der Waals surface area contributed by atoms with Crippen LogP contribution < -0.4 is 4.74 Å². The predicted molar refractivity (Wildman–Crippen MR) is 75.8 cm³/mol. The fraction of sp³-hybridized carbons (Fsp3) is 0.643. The molecule has 2 aliphatic carbocycles. The van der Waals surface area contributed by atoms with Gasteiger partial charge >= 0.3 is 0 Å². The number of aromatic nitrogens is 4. The van der Waals surface area contributed by atoms with Crippen LogP contribution in [0.4, 0.5) is 0 Å². The van der Waals surface area contributed by atoms with Crippen molar-refractivity contribution in [2.75, 3.05) is 7.11 Å². The van der Waals surface area contributed by atoms with Crippen LogP contribution >= 0.6 is 11.6 Å². The zero-order chi connectivity index (χ0) is 13.7. The van der Waals surface area contributed by atoms with Crippen molar-refractivity contribution in [1.82, 2.24) is 19.5 Å². The smallest absolute Gasteiger partial charge is 0.245 e. The molecule has 2 aromatic rings. The predicted octanol–water partition coefficient (Wildman–Crippen LogP) is 2.76. The Morgan fingerprint density at radius 1 is 1.40 bits per heavy atom. The topological polar surface area (TPSA) is 52.8 Å². The molecule has 0 saturated heterocycles. The molecular formula is C14H17ClN4O. The van der Waals surface area contributed by atoms with Gasteiger partial charge in [-0.05, 0) is 37.0 Å². The Labute approximate surface area is 122 Å². The van der Waals surface area contributed by atoms with E-state index >= 15 is 0 Å². The fourth-order valence-corrected chi connectivity index (χ4v) is 3.45. The Bertz CT molecular complexity index is 660. The maximum atomic E-state index is 6.07. The van der Waals surface area contributed by atoms with Crippen LogP contribution in [0.3, 0.4) is 0 Å². The second-order valence-corrected chi connectivity index (χ2v) is 6.21. The third-order valence-corrected chi connectivity index (χ3v) is 4.94. The first kappa shape index (κ1) is 12.4. The highest BCUT2D eigenvalue weighted by Gasteiger charge is 2.54. The van der Waals surface area contributed by atoms with Crippen LogP contribution in [0.1, 0.15) is 31.5 Å². The quantitative estimate of drug-likeness (QED) is 0.795. The number of rotatable bonds is 5. The molecule has 0 radical (unpaired) electrons. The van der Waals surface area contributed by atoms with E-state index in [1.807, 2.05) is 0 Å². The van der Waals surface area contributed by atoms with Gasteiger partial charge < -0.3 is 9.30 Å². The largest absolute Gasteiger partial charge is 0.479 e. The number of hydrogen-bond acceptors (Lipinski definition) is 4. The van der Waals surface area contributed by atoms with Crippen molar-refractivity contribution in [3.8, 4) is 5.88 Å². The number of nitrogens with zero attached hydrogens (tertiary/aromatic N) is 4. The molecule has 2 heterocycles. The number of methoxy groups -OCH3 is 1. The molecule has 0 bridgehead atoms. The summed E-state index contributed by atoms with van der Waals surface area (Å²) in [6.45, 7) is 0.983. The summed E-state index contributed by atoms with van der Waals surface area (Å²) in [4.78, 5) is 13.1. The molecule has 0 unspecified atom stereocenters. The standard InChI is InChI=1S/C14H17ClN4O/c1-20-13-11-12(16-8-17-13)19(10(6-15)18-11)7-14(4-5-14)9-2-3-9/h8-9H,2-7H2,1H3. The minimum absolute atomic E-state index is 0.389. The second-order valence-electron chi connectivity index (χ2n) is 5.94. The van der Waals surface area contributed by atoms with Crippen LogP contribution in [-0.2, 0) is 12.4 Å². The van der Waals surface area contributed by atoms with Gasteiger partial charge in [0.15, 0.2) is 11.2 Å². The molecule has 4 rings (SSSR count). The van der Waals surface area contributed by atoms with Gasteiger partial charge in [-0.3, -0.25) is 0 Å². The van der Waals surface area contributed by atoms with Gasteiger partial charge in [0.25, 0.3) is 0 Å². The first-order valence-electron chi connectivity index (χ1n) is 7.07. The SMILES string of the molecule is COc1ncnc2c1nc(CCl)n2CC1(C2CC2)CC1. The van der Waals surface area contributed by atoms with E-state index in [2.05, 4.69) is 19.5 Å². The highest BCUT2D eigenvalue weighted by molar-refractivity contribution is 6.16. The lowest BCUT2D eigenvalue weighted by molar-refractivity contribution is 0.369. The Kier molecular flexibility index (Phi) is 2.67. The average Bonchev–Trinajstić information content (AvgIpc) is 3.35. The summed E-state index contributed by atoms with van der Waals surface area (Å²) >= 11 is 6.07. The number of hydrogen-bond donors (Lipinski definition) is 0. The Morgan fingerprint density at radius 3 is 2.80 bits per heavy atom. The fourth-order valence-electron chi connectivity index (χ4n) is 3.25.